The predicted octanol–water partition coefficient (Wildman–Crippen LogP) is 1.85. The lowest BCUT2D eigenvalue weighted by Crippen LogP contribution is -2.56. The summed E-state index contributed by atoms with van der Waals surface area (Å²) in [7, 11) is 0. The van der Waals surface area contributed by atoms with Crippen LogP contribution in [0.15, 0.2) is 23.3 Å². The predicted molar refractivity (Wildman–Crippen MR) is 115 cm³/mol. The van der Waals surface area contributed by atoms with Crippen LogP contribution in [0.2, 0.25) is 0 Å². The second-order valence-corrected chi connectivity index (χ2v) is 8.18. The van der Waals surface area contributed by atoms with Crippen molar-refractivity contribution in [2.75, 3.05) is 57.4 Å². The van der Waals surface area contributed by atoms with Crippen LogP contribution in [0.5, 0.6) is 0 Å². The topological polar surface area (TPSA) is 65.0 Å². The van der Waals surface area contributed by atoms with Gasteiger partial charge in [0.05, 0.1) is 19.8 Å². The second kappa shape index (κ2) is 10.1. The summed E-state index contributed by atoms with van der Waals surface area (Å²) in [5.41, 5.74) is 1.25. The minimum absolute atomic E-state index is 0.0551. The summed E-state index contributed by atoms with van der Waals surface area (Å²) in [4.78, 5) is 14.2. The molecular weight excluding hydrogens is 352 g/mol. The molecule has 0 aliphatic carbocycles. The first-order valence-corrected chi connectivity index (χ1v) is 10.6. The molecule has 0 aromatic carbocycles. The van der Waals surface area contributed by atoms with E-state index in [1.807, 2.05) is 6.20 Å². The van der Waals surface area contributed by atoms with Crippen molar-refractivity contribution in [1.29, 1.82) is 0 Å². The third-order valence-electron chi connectivity index (χ3n) is 5.56. The Morgan fingerprint density at radius 3 is 2.64 bits per heavy atom. The molecule has 7 nitrogen and oxygen atoms in total. The van der Waals surface area contributed by atoms with Crippen LogP contribution in [0, 0.1) is 0 Å². The third-order valence-corrected chi connectivity index (χ3v) is 5.56. The van der Waals surface area contributed by atoms with E-state index >= 15 is 0 Å². The van der Waals surface area contributed by atoms with Crippen molar-refractivity contribution >= 4 is 11.8 Å². The average molecular weight is 389 g/mol. The molecule has 0 saturated carbocycles. The van der Waals surface area contributed by atoms with Gasteiger partial charge in [0.2, 0.25) is 0 Å². The van der Waals surface area contributed by atoms with E-state index in [9.17, 15) is 0 Å². The molecule has 0 bridgehead atoms. The number of morpholine rings is 1. The van der Waals surface area contributed by atoms with Crippen molar-refractivity contribution in [2.24, 2.45) is 4.99 Å². The van der Waals surface area contributed by atoms with Gasteiger partial charge in [-0.3, -0.25) is 4.90 Å². The highest BCUT2D eigenvalue weighted by Gasteiger charge is 2.28. The Morgan fingerprint density at radius 1 is 1.18 bits per heavy atom. The van der Waals surface area contributed by atoms with Gasteiger partial charge in [0, 0.05) is 51.0 Å². The van der Waals surface area contributed by atoms with Crippen LogP contribution in [0.1, 0.15) is 39.2 Å². The molecule has 28 heavy (non-hydrogen) atoms. The van der Waals surface area contributed by atoms with E-state index in [0.29, 0.717) is 6.54 Å². The minimum Gasteiger partial charge on any atom is -0.379 e. The lowest BCUT2D eigenvalue weighted by molar-refractivity contribution is -0.00834. The van der Waals surface area contributed by atoms with Crippen LogP contribution in [0.4, 0.5) is 5.82 Å². The number of hydrogen-bond donors (Lipinski definition) is 2. The summed E-state index contributed by atoms with van der Waals surface area (Å²) in [6, 6.07) is 4.24. The van der Waals surface area contributed by atoms with Crippen molar-refractivity contribution in [3.8, 4) is 0 Å². The number of pyridine rings is 1. The van der Waals surface area contributed by atoms with E-state index in [1.54, 1.807) is 0 Å². The van der Waals surface area contributed by atoms with Gasteiger partial charge in [-0.1, -0.05) is 0 Å². The molecule has 1 aromatic heterocycles. The fourth-order valence-corrected chi connectivity index (χ4v) is 3.77. The summed E-state index contributed by atoms with van der Waals surface area (Å²) in [6.07, 6.45) is 4.43. The molecule has 0 amide bonds. The molecule has 2 N–H and O–H groups in total. The molecule has 156 valence electrons. The molecule has 3 rings (SSSR count). The summed E-state index contributed by atoms with van der Waals surface area (Å²) in [5.74, 6) is 1.94. The highest BCUT2D eigenvalue weighted by molar-refractivity contribution is 5.79. The normalized spacial score (nSPS) is 19.1. The summed E-state index contributed by atoms with van der Waals surface area (Å²) in [6.45, 7) is 14.8. The van der Waals surface area contributed by atoms with Gasteiger partial charge in [0.25, 0.3) is 0 Å². The van der Waals surface area contributed by atoms with Crippen LogP contribution in [-0.4, -0.2) is 73.9 Å². The van der Waals surface area contributed by atoms with Crippen molar-refractivity contribution in [3.63, 3.8) is 0 Å². The quantitative estimate of drug-likeness (QED) is 0.549. The standard InChI is InChI=1S/C21H36N6O/c1-4-22-20(25-17-21(2,3)27-11-13-28-14-12-27)24-16-18-7-8-23-19(15-18)26-9-5-6-10-26/h7-8,15H,4-6,9-14,16-17H2,1-3H3,(H2,22,24,25). The molecule has 2 aliphatic heterocycles. The summed E-state index contributed by atoms with van der Waals surface area (Å²) >= 11 is 0. The first kappa shape index (κ1) is 20.9. The number of guanidine groups is 1. The van der Waals surface area contributed by atoms with E-state index in [4.69, 9.17) is 9.73 Å². The zero-order chi connectivity index (χ0) is 19.8. The molecule has 2 aliphatic rings. The molecule has 2 saturated heterocycles. The first-order valence-electron chi connectivity index (χ1n) is 10.6. The zero-order valence-electron chi connectivity index (χ0n) is 17.7. The van der Waals surface area contributed by atoms with Crippen LogP contribution < -0.4 is 15.5 Å². The number of anilines is 1. The van der Waals surface area contributed by atoms with E-state index < -0.39 is 0 Å². The van der Waals surface area contributed by atoms with Crippen LogP contribution >= 0.6 is 0 Å². The number of ether oxygens (including phenoxy) is 1. The maximum absolute atomic E-state index is 5.49. The van der Waals surface area contributed by atoms with Crippen molar-refractivity contribution in [3.05, 3.63) is 23.9 Å². The summed E-state index contributed by atoms with van der Waals surface area (Å²) < 4.78 is 5.49. The molecular formula is C21H36N6O. The average Bonchev–Trinajstić information content (AvgIpc) is 3.26. The van der Waals surface area contributed by atoms with Crippen LogP contribution in [0.3, 0.4) is 0 Å². The fourth-order valence-electron chi connectivity index (χ4n) is 3.77. The Labute approximate surface area is 169 Å². The number of nitrogens with one attached hydrogen (secondary N) is 2. The van der Waals surface area contributed by atoms with E-state index in [1.165, 1.54) is 18.4 Å². The number of rotatable bonds is 7. The fraction of sp³-hybridized carbons (Fsp3) is 0.714. The number of aliphatic imine (C=N–C) groups is 1. The van der Waals surface area contributed by atoms with Crippen LogP contribution in [0.25, 0.3) is 0 Å². The third kappa shape index (κ3) is 5.82. The molecule has 0 spiro atoms. The Kier molecular flexibility index (Phi) is 7.50. The van der Waals surface area contributed by atoms with Crippen molar-refractivity contribution in [1.82, 2.24) is 20.5 Å². The Morgan fingerprint density at radius 2 is 1.93 bits per heavy atom. The number of hydrogen-bond acceptors (Lipinski definition) is 5. The zero-order valence-corrected chi connectivity index (χ0v) is 17.7. The van der Waals surface area contributed by atoms with Crippen LogP contribution in [-0.2, 0) is 11.3 Å². The lowest BCUT2D eigenvalue weighted by atomic mass is 10.0. The molecule has 2 fully saturated rings. The van der Waals surface area contributed by atoms with Gasteiger partial charge < -0.3 is 20.3 Å². The molecule has 1 aromatic rings. The van der Waals surface area contributed by atoms with Gasteiger partial charge >= 0.3 is 0 Å². The Balaban J connectivity index is 1.58. The van der Waals surface area contributed by atoms with E-state index in [-0.39, 0.29) is 5.54 Å². The van der Waals surface area contributed by atoms with Gasteiger partial charge in [-0.2, -0.15) is 0 Å². The number of aromatic nitrogens is 1. The highest BCUT2D eigenvalue weighted by atomic mass is 16.5. The molecule has 0 unspecified atom stereocenters. The first-order chi connectivity index (χ1) is 13.6. The van der Waals surface area contributed by atoms with E-state index in [0.717, 1.165) is 64.3 Å². The maximum Gasteiger partial charge on any atom is 0.191 e. The minimum atomic E-state index is 0.0551. The van der Waals surface area contributed by atoms with E-state index in [2.05, 4.69) is 58.3 Å². The van der Waals surface area contributed by atoms with Gasteiger partial charge in [-0.05, 0) is 51.3 Å². The molecule has 7 heteroatoms. The smallest absolute Gasteiger partial charge is 0.191 e. The Hall–Kier alpha value is -1.86. The van der Waals surface area contributed by atoms with Crippen molar-refractivity contribution < 1.29 is 4.74 Å². The molecule has 3 heterocycles. The van der Waals surface area contributed by atoms with Gasteiger partial charge in [-0.15, -0.1) is 0 Å². The monoisotopic (exact) mass is 388 g/mol. The maximum atomic E-state index is 5.49. The summed E-state index contributed by atoms with van der Waals surface area (Å²) in [5, 5.41) is 6.90. The van der Waals surface area contributed by atoms with Gasteiger partial charge in [0.15, 0.2) is 5.96 Å². The lowest BCUT2D eigenvalue weighted by Gasteiger charge is -2.41. The second-order valence-electron chi connectivity index (χ2n) is 8.18. The Bertz CT molecular complexity index is 636. The molecule has 0 atom stereocenters. The SMILES string of the molecule is CCNC(=NCc1ccnc(N2CCCC2)c1)NCC(C)(C)N1CCOCC1. The van der Waals surface area contributed by atoms with Crippen molar-refractivity contribution in [2.45, 2.75) is 45.7 Å². The van der Waals surface area contributed by atoms with Gasteiger partial charge in [-0.25, -0.2) is 9.98 Å². The molecule has 0 radical (unpaired) electrons. The van der Waals surface area contributed by atoms with Gasteiger partial charge in [0.1, 0.15) is 5.82 Å². The largest absolute Gasteiger partial charge is 0.379 e. The number of nitrogens with zero attached hydrogens (tertiary/aromatic N) is 4. The highest BCUT2D eigenvalue weighted by Crippen LogP contribution is 2.19.